The number of carboxylic acids is 1. The van der Waals surface area contributed by atoms with Gasteiger partial charge < -0.3 is 5.11 Å². The van der Waals surface area contributed by atoms with E-state index >= 15 is 0 Å². The van der Waals surface area contributed by atoms with Crippen molar-refractivity contribution >= 4 is 45.2 Å². The molecule has 0 bridgehead atoms. The standard InChI is InChI=1S/C11H9BrN2O2S2/c1-2-8-13-11(18-14-8)17-7-5-3-4-6(12)9(7)10(15)16/h3-5H,2H2,1H3,(H,15,16). The van der Waals surface area contributed by atoms with Crippen LogP contribution < -0.4 is 0 Å². The Labute approximate surface area is 121 Å². The molecule has 0 aliphatic heterocycles. The van der Waals surface area contributed by atoms with Gasteiger partial charge in [-0.25, -0.2) is 9.78 Å². The third-order valence-electron chi connectivity index (χ3n) is 2.15. The molecule has 0 amide bonds. The van der Waals surface area contributed by atoms with Crippen LogP contribution in [0.3, 0.4) is 0 Å². The Bertz CT molecular complexity index is 586. The van der Waals surface area contributed by atoms with Crippen LogP contribution in [-0.4, -0.2) is 20.4 Å². The number of halogens is 1. The quantitative estimate of drug-likeness (QED) is 0.915. The minimum Gasteiger partial charge on any atom is -0.478 e. The molecule has 1 heterocycles. The highest BCUT2D eigenvalue weighted by molar-refractivity contribution is 9.10. The summed E-state index contributed by atoms with van der Waals surface area (Å²) >= 11 is 5.87. The number of carboxylic acid groups (broad SMARTS) is 1. The minimum atomic E-state index is -0.954. The van der Waals surface area contributed by atoms with E-state index in [9.17, 15) is 9.90 Å². The van der Waals surface area contributed by atoms with Crippen LogP contribution in [0.4, 0.5) is 0 Å². The van der Waals surface area contributed by atoms with Crippen LogP contribution in [0, 0.1) is 0 Å². The Kier molecular flexibility index (Phi) is 4.36. The predicted molar refractivity (Wildman–Crippen MR) is 74.5 cm³/mol. The fraction of sp³-hybridized carbons (Fsp3) is 0.182. The molecule has 0 aliphatic rings. The molecule has 7 heteroatoms. The molecule has 0 radical (unpaired) electrons. The molecule has 1 N–H and O–H groups in total. The molecule has 1 aromatic heterocycles. The monoisotopic (exact) mass is 344 g/mol. The van der Waals surface area contributed by atoms with Crippen molar-refractivity contribution in [1.29, 1.82) is 0 Å². The molecule has 0 saturated carbocycles. The van der Waals surface area contributed by atoms with Gasteiger partial charge in [-0.05, 0) is 39.6 Å². The lowest BCUT2D eigenvalue weighted by atomic mass is 10.2. The summed E-state index contributed by atoms with van der Waals surface area (Å²) in [7, 11) is 0. The number of aromatic carboxylic acids is 1. The van der Waals surface area contributed by atoms with Crippen LogP contribution >= 0.6 is 39.2 Å². The Morgan fingerprint density at radius 2 is 2.33 bits per heavy atom. The molecule has 2 rings (SSSR count). The van der Waals surface area contributed by atoms with Gasteiger partial charge in [-0.3, -0.25) is 0 Å². The van der Waals surface area contributed by atoms with Crippen molar-refractivity contribution < 1.29 is 9.90 Å². The lowest BCUT2D eigenvalue weighted by Crippen LogP contribution is -1.99. The second-order valence-electron chi connectivity index (χ2n) is 3.35. The van der Waals surface area contributed by atoms with E-state index in [1.165, 1.54) is 23.3 Å². The first-order valence-corrected chi connectivity index (χ1v) is 7.52. The van der Waals surface area contributed by atoms with Crippen molar-refractivity contribution in [2.75, 3.05) is 0 Å². The Morgan fingerprint density at radius 1 is 1.56 bits per heavy atom. The highest BCUT2D eigenvalue weighted by Crippen LogP contribution is 2.34. The maximum atomic E-state index is 11.2. The summed E-state index contributed by atoms with van der Waals surface area (Å²) in [6.07, 6.45) is 0.779. The molecule has 0 aliphatic carbocycles. The number of carbonyl (C=O) groups is 1. The van der Waals surface area contributed by atoms with Gasteiger partial charge in [0.1, 0.15) is 5.82 Å². The first-order chi connectivity index (χ1) is 8.61. The Hall–Kier alpha value is -0.920. The smallest absolute Gasteiger partial charge is 0.338 e. The van der Waals surface area contributed by atoms with E-state index in [4.69, 9.17) is 0 Å². The van der Waals surface area contributed by atoms with Crippen LogP contribution in [0.2, 0.25) is 0 Å². The molecular weight excluding hydrogens is 336 g/mol. The van der Waals surface area contributed by atoms with Crippen LogP contribution in [0.25, 0.3) is 0 Å². The molecule has 2 aromatic rings. The summed E-state index contributed by atoms with van der Waals surface area (Å²) in [5.41, 5.74) is 0.260. The van der Waals surface area contributed by atoms with Crippen molar-refractivity contribution in [2.24, 2.45) is 0 Å². The Morgan fingerprint density at radius 3 is 2.94 bits per heavy atom. The van der Waals surface area contributed by atoms with Gasteiger partial charge in [0.05, 0.1) is 5.56 Å². The molecule has 1 aromatic carbocycles. The van der Waals surface area contributed by atoms with Crippen LogP contribution in [0.1, 0.15) is 23.1 Å². The van der Waals surface area contributed by atoms with Crippen molar-refractivity contribution in [3.8, 4) is 0 Å². The molecule has 0 fully saturated rings. The van der Waals surface area contributed by atoms with Gasteiger partial charge in [0, 0.05) is 15.8 Å². The second-order valence-corrected chi connectivity index (χ2v) is 6.25. The lowest BCUT2D eigenvalue weighted by Gasteiger charge is -2.04. The van der Waals surface area contributed by atoms with Gasteiger partial charge in [-0.1, -0.05) is 24.8 Å². The highest BCUT2D eigenvalue weighted by atomic mass is 79.9. The normalized spacial score (nSPS) is 10.6. The van der Waals surface area contributed by atoms with E-state index in [0.717, 1.165) is 16.6 Å². The summed E-state index contributed by atoms with van der Waals surface area (Å²) in [5, 5.41) is 9.20. The maximum Gasteiger partial charge on any atom is 0.338 e. The third kappa shape index (κ3) is 2.90. The number of nitrogens with zero attached hydrogens (tertiary/aromatic N) is 2. The van der Waals surface area contributed by atoms with E-state index in [-0.39, 0.29) is 5.56 Å². The summed E-state index contributed by atoms with van der Waals surface area (Å²) in [5.74, 6) is -0.167. The van der Waals surface area contributed by atoms with E-state index in [0.29, 0.717) is 9.37 Å². The lowest BCUT2D eigenvalue weighted by molar-refractivity contribution is 0.0692. The predicted octanol–water partition coefficient (Wildman–Crippen LogP) is 3.71. The number of aryl methyl sites for hydroxylation is 1. The van der Waals surface area contributed by atoms with Crippen molar-refractivity contribution in [3.63, 3.8) is 0 Å². The average molecular weight is 345 g/mol. The number of benzene rings is 1. The number of rotatable bonds is 4. The zero-order valence-corrected chi connectivity index (χ0v) is 12.6. The van der Waals surface area contributed by atoms with Gasteiger partial charge in [-0.2, -0.15) is 4.37 Å². The molecule has 4 nitrogen and oxygen atoms in total. The molecule has 18 heavy (non-hydrogen) atoms. The second kappa shape index (κ2) is 5.81. The van der Waals surface area contributed by atoms with Gasteiger partial charge in [0.25, 0.3) is 0 Å². The fourth-order valence-corrected chi connectivity index (χ4v) is 3.80. The van der Waals surface area contributed by atoms with Crippen LogP contribution in [-0.2, 0) is 6.42 Å². The summed E-state index contributed by atoms with van der Waals surface area (Å²) < 4.78 is 5.50. The SMILES string of the molecule is CCc1nsc(Sc2cccc(Br)c2C(=O)O)n1. The van der Waals surface area contributed by atoms with Crippen molar-refractivity contribution in [2.45, 2.75) is 22.6 Å². The zero-order chi connectivity index (χ0) is 13.1. The molecule has 0 atom stereocenters. The third-order valence-corrected chi connectivity index (χ3v) is 4.66. The van der Waals surface area contributed by atoms with E-state index in [1.807, 2.05) is 6.92 Å². The molecule has 0 spiro atoms. The van der Waals surface area contributed by atoms with Gasteiger partial charge in [0.15, 0.2) is 4.34 Å². The zero-order valence-electron chi connectivity index (χ0n) is 9.38. The van der Waals surface area contributed by atoms with Gasteiger partial charge >= 0.3 is 5.97 Å². The molecule has 0 saturated heterocycles. The Balaban J connectivity index is 2.34. The van der Waals surface area contributed by atoms with Crippen molar-refractivity contribution in [3.05, 3.63) is 34.1 Å². The van der Waals surface area contributed by atoms with Gasteiger partial charge in [0.2, 0.25) is 0 Å². The van der Waals surface area contributed by atoms with Crippen LogP contribution in [0.15, 0.2) is 31.9 Å². The largest absolute Gasteiger partial charge is 0.478 e. The van der Waals surface area contributed by atoms with E-state index in [2.05, 4.69) is 25.3 Å². The van der Waals surface area contributed by atoms with E-state index < -0.39 is 5.97 Å². The maximum absolute atomic E-state index is 11.2. The molecular formula is C11H9BrN2O2S2. The highest BCUT2D eigenvalue weighted by Gasteiger charge is 2.16. The van der Waals surface area contributed by atoms with Crippen molar-refractivity contribution in [1.82, 2.24) is 9.36 Å². The van der Waals surface area contributed by atoms with Gasteiger partial charge in [-0.15, -0.1) is 0 Å². The summed E-state index contributed by atoms with van der Waals surface area (Å²) in [4.78, 5) is 16.2. The average Bonchev–Trinajstić information content (AvgIpc) is 2.76. The first-order valence-electron chi connectivity index (χ1n) is 5.14. The molecule has 0 unspecified atom stereocenters. The van der Waals surface area contributed by atoms with E-state index in [1.54, 1.807) is 18.2 Å². The number of aromatic nitrogens is 2. The fourth-order valence-electron chi connectivity index (χ4n) is 1.31. The summed E-state index contributed by atoms with van der Waals surface area (Å²) in [6, 6.07) is 5.29. The topological polar surface area (TPSA) is 63.1 Å². The summed E-state index contributed by atoms with van der Waals surface area (Å²) in [6.45, 7) is 1.98. The first kappa shape index (κ1) is 13.5. The van der Waals surface area contributed by atoms with Crippen LogP contribution in [0.5, 0.6) is 0 Å². The minimum absolute atomic E-state index is 0.260. The number of hydrogen-bond acceptors (Lipinski definition) is 5. The number of hydrogen-bond donors (Lipinski definition) is 1. The molecule has 94 valence electrons.